The molecule has 0 aliphatic carbocycles. The van der Waals surface area contributed by atoms with Gasteiger partial charge in [-0.2, -0.15) is 5.10 Å². The van der Waals surface area contributed by atoms with Crippen LogP contribution in [0.3, 0.4) is 0 Å². The second kappa shape index (κ2) is 9.75. The molecule has 2 N–H and O–H groups in total. The molecule has 1 fully saturated rings. The molecule has 1 saturated heterocycles. The summed E-state index contributed by atoms with van der Waals surface area (Å²) in [4.78, 5) is 33.0. The average molecular weight is 472 g/mol. The first-order chi connectivity index (χ1) is 16.9. The number of likely N-dealkylation sites (tertiary alicyclic amines) is 1. The zero-order valence-corrected chi connectivity index (χ0v) is 20.1. The summed E-state index contributed by atoms with van der Waals surface area (Å²) in [6, 6.07) is 4.38. The number of nitrogens with one attached hydrogen (secondary N) is 2. The van der Waals surface area contributed by atoms with Crippen molar-refractivity contribution in [1.29, 1.82) is 0 Å². The molecule has 10 nitrogen and oxygen atoms in total. The molecule has 0 bridgehead atoms. The SMILES string of the molecule is CC(C)n1cc(C(=O)Nc2cc3cc(-c4cncc(NC5CCN(C)CC5)n4)cnc3cn2)cn1. The van der Waals surface area contributed by atoms with Crippen molar-refractivity contribution in [3.8, 4) is 11.3 Å². The number of carbonyl (C=O) groups is 1. The highest BCUT2D eigenvalue weighted by Gasteiger charge is 2.17. The van der Waals surface area contributed by atoms with Gasteiger partial charge in [-0.15, -0.1) is 0 Å². The molecule has 0 aromatic carbocycles. The summed E-state index contributed by atoms with van der Waals surface area (Å²) >= 11 is 0. The van der Waals surface area contributed by atoms with Crippen molar-refractivity contribution in [2.75, 3.05) is 30.8 Å². The van der Waals surface area contributed by atoms with Crippen molar-refractivity contribution >= 4 is 28.4 Å². The molecule has 0 radical (unpaired) electrons. The van der Waals surface area contributed by atoms with E-state index in [1.807, 2.05) is 26.0 Å². The predicted octanol–water partition coefficient (Wildman–Crippen LogP) is 3.62. The van der Waals surface area contributed by atoms with Gasteiger partial charge in [0.05, 0.1) is 41.6 Å². The van der Waals surface area contributed by atoms with Crippen LogP contribution >= 0.6 is 0 Å². The Kier molecular flexibility index (Phi) is 6.37. The molecule has 1 aliphatic rings. The zero-order chi connectivity index (χ0) is 24.4. The van der Waals surface area contributed by atoms with Gasteiger partial charge in [-0.25, -0.2) is 9.97 Å². The van der Waals surface area contributed by atoms with Crippen LogP contribution < -0.4 is 10.6 Å². The van der Waals surface area contributed by atoms with Crippen LogP contribution in [0.5, 0.6) is 0 Å². The number of nitrogens with zero attached hydrogens (tertiary/aromatic N) is 7. The number of anilines is 2. The smallest absolute Gasteiger partial charge is 0.260 e. The molecular formula is C25H29N9O. The average Bonchev–Trinajstić information content (AvgIpc) is 3.36. The number of hydrogen-bond acceptors (Lipinski definition) is 8. The quantitative estimate of drug-likeness (QED) is 0.438. The van der Waals surface area contributed by atoms with E-state index in [4.69, 9.17) is 4.98 Å². The molecule has 4 aromatic rings. The van der Waals surface area contributed by atoms with Crippen molar-refractivity contribution in [2.45, 2.75) is 38.8 Å². The van der Waals surface area contributed by atoms with Gasteiger partial charge >= 0.3 is 0 Å². The maximum Gasteiger partial charge on any atom is 0.260 e. The molecule has 35 heavy (non-hydrogen) atoms. The standard InChI is InChI=1S/C25H29N9O/c1-16(2)34-15-19(11-29-34)25(35)32-23-9-17-8-18(10-27-21(17)13-28-23)22-12-26-14-24(31-22)30-20-4-6-33(3)7-5-20/h8-16,20H,4-7H2,1-3H3,(H,30,31)(H,28,32,35). The van der Waals surface area contributed by atoms with E-state index in [-0.39, 0.29) is 11.9 Å². The van der Waals surface area contributed by atoms with Gasteiger partial charge in [0.2, 0.25) is 0 Å². The molecule has 0 unspecified atom stereocenters. The molecule has 1 amide bonds. The van der Waals surface area contributed by atoms with Crippen LogP contribution in [0.25, 0.3) is 22.2 Å². The lowest BCUT2D eigenvalue weighted by Crippen LogP contribution is -2.36. The van der Waals surface area contributed by atoms with Crippen LogP contribution in [-0.4, -0.2) is 66.7 Å². The normalized spacial score (nSPS) is 15.0. The number of fused-ring (bicyclic) bond motifs is 1. The first-order valence-corrected chi connectivity index (χ1v) is 11.8. The van der Waals surface area contributed by atoms with Gasteiger partial charge < -0.3 is 15.5 Å². The summed E-state index contributed by atoms with van der Waals surface area (Å²) in [5, 5.41) is 11.4. The molecule has 0 atom stereocenters. The van der Waals surface area contributed by atoms with Gasteiger partial charge in [-0.1, -0.05) is 0 Å². The zero-order valence-electron chi connectivity index (χ0n) is 20.1. The number of rotatable bonds is 6. The summed E-state index contributed by atoms with van der Waals surface area (Å²) in [5.74, 6) is 0.954. The van der Waals surface area contributed by atoms with Crippen molar-refractivity contribution in [3.05, 3.63) is 54.9 Å². The molecule has 5 heterocycles. The number of pyridine rings is 2. The third-order valence-electron chi connectivity index (χ3n) is 6.20. The largest absolute Gasteiger partial charge is 0.366 e. The number of piperidine rings is 1. The minimum Gasteiger partial charge on any atom is -0.366 e. The molecule has 0 saturated carbocycles. The second-order valence-corrected chi connectivity index (χ2v) is 9.25. The highest BCUT2D eigenvalue weighted by atomic mass is 16.1. The van der Waals surface area contributed by atoms with Crippen LogP contribution in [0.1, 0.15) is 43.1 Å². The van der Waals surface area contributed by atoms with Gasteiger partial charge in [0.25, 0.3) is 5.91 Å². The highest BCUT2D eigenvalue weighted by molar-refractivity contribution is 6.04. The number of hydrogen-bond donors (Lipinski definition) is 2. The Morgan fingerprint density at radius 1 is 1.03 bits per heavy atom. The molecule has 1 aliphatic heterocycles. The Labute approximate surface area is 203 Å². The first-order valence-electron chi connectivity index (χ1n) is 11.8. The summed E-state index contributed by atoms with van der Waals surface area (Å²) in [6.07, 6.45) is 12.4. The molecule has 180 valence electrons. The van der Waals surface area contributed by atoms with Crippen LogP contribution in [0.15, 0.2) is 49.3 Å². The van der Waals surface area contributed by atoms with Crippen LogP contribution in [0, 0.1) is 0 Å². The van der Waals surface area contributed by atoms with E-state index >= 15 is 0 Å². The summed E-state index contributed by atoms with van der Waals surface area (Å²) in [6.45, 7) is 6.17. The monoisotopic (exact) mass is 471 g/mol. The van der Waals surface area contributed by atoms with E-state index in [1.165, 1.54) is 0 Å². The minimum atomic E-state index is -0.258. The maximum atomic E-state index is 12.6. The van der Waals surface area contributed by atoms with Crippen molar-refractivity contribution in [1.82, 2.24) is 34.6 Å². The van der Waals surface area contributed by atoms with E-state index in [0.29, 0.717) is 17.4 Å². The van der Waals surface area contributed by atoms with Crippen molar-refractivity contribution in [2.24, 2.45) is 0 Å². The molecule has 5 rings (SSSR count). The van der Waals surface area contributed by atoms with E-state index in [0.717, 1.165) is 53.9 Å². The highest BCUT2D eigenvalue weighted by Crippen LogP contribution is 2.24. The Hall–Kier alpha value is -3.92. The third-order valence-corrected chi connectivity index (χ3v) is 6.20. The van der Waals surface area contributed by atoms with Crippen LogP contribution in [-0.2, 0) is 0 Å². The molecule has 4 aromatic heterocycles. The maximum absolute atomic E-state index is 12.6. The Bertz CT molecular complexity index is 1340. The fourth-order valence-corrected chi connectivity index (χ4v) is 4.10. The summed E-state index contributed by atoms with van der Waals surface area (Å²) in [5.41, 5.74) is 2.80. The predicted molar refractivity (Wildman–Crippen MR) is 135 cm³/mol. The number of aromatic nitrogens is 6. The minimum absolute atomic E-state index is 0.181. The third kappa shape index (κ3) is 5.27. The second-order valence-electron chi connectivity index (χ2n) is 9.25. The van der Waals surface area contributed by atoms with Gasteiger partial charge in [0.1, 0.15) is 11.6 Å². The van der Waals surface area contributed by atoms with Crippen LogP contribution in [0.4, 0.5) is 11.6 Å². The summed E-state index contributed by atoms with van der Waals surface area (Å²) in [7, 11) is 2.15. The fraction of sp³-hybridized carbons (Fsp3) is 0.360. The van der Waals surface area contributed by atoms with Crippen molar-refractivity contribution in [3.63, 3.8) is 0 Å². The van der Waals surface area contributed by atoms with E-state index in [9.17, 15) is 4.79 Å². The Morgan fingerprint density at radius 2 is 1.86 bits per heavy atom. The van der Waals surface area contributed by atoms with Crippen molar-refractivity contribution < 1.29 is 4.79 Å². The van der Waals surface area contributed by atoms with E-state index in [1.54, 1.807) is 41.9 Å². The Morgan fingerprint density at radius 3 is 2.63 bits per heavy atom. The lowest BCUT2D eigenvalue weighted by atomic mass is 10.1. The number of amides is 1. The topological polar surface area (TPSA) is 114 Å². The van der Waals surface area contributed by atoms with Gasteiger partial charge in [-0.05, 0) is 59.0 Å². The van der Waals surface area contributed by atoms with Gasteiger partial charge in [0, 0.05) is 35.4 Å². The van der Waals surface area contributed by atoms with E-state index < -0.39 is 0 Å². The van der Waals surface area contributed by atoms with Gasteiger partial charge in [0.15, 0.2) is 0 Å². The lowest BCUT2D eigenvalue weighted by Gasteiger charge is -2.29. The fourth-order valence-electron chi connectivity index (χ4n) is 4.10. The van der Waals surface area contributed by atoms with Crippen LogP contribution in [0.2, 0.25) is 0 Å². The van der Waals surface area contributed by atoms with Gasteiger partial charge in [-0.3, -0.25) is 19.4 Å². The first kappa shape index (κ1) is 22.9. The lowest BCUT2D eigenvalue weighted by molar-refractivity contribution is 0.102. The molecule has 10 heteroatoms. The molecule has 0 spiro atoms. The van der Waals surface area contributed by atoms with E-state index in [2.05, 4.69) is 42.6 Å². The molecular weight excluding hydrogens is 442 g/mol. The number of carbonyl (C=O) groups excluding carboxylic acids is 1. The summed E-state index contributed by atoms with van der Waals surface area (Å²) < 4.78 is 1.75. The Balaban J connectivity index is 1.34.